The molecule has 1 unspecified atom stereocenters. The molecule has 0 saturated heterocycles. The van der Waals surface area contributed by atoms with Crippen LogP contribution < -0.4 is 14.8 Å². The molecular weight excluding hydrogens is 274 g/mol. The molecule has 6 heteroatoms. The van der Waals surface area contributed by atoms with Gasteiger partial charge < -0.3 is 14.8 Å². The highest BCUT2D eigenvalue weighted by molar-refractivity contribution is 7.03. The number of hydrogen-bond acceptors (Lipinski definition) is 6. The van der Waals surface area contributed by atoms with Gasteiger partial charge in [-0.25, -0.2) is 0 Å². The van der Waals surface area contributed by atoms with Gasteiger partial charge in [-0.3, -0.25) is 0 Å². The Morgan fingerprint density at radius 1 is 1.20 bits per heavy atom. The van der Waals surface area contributed by atoms with Gasteiger partial charge in [-0.1, -0.05) is 11.4 Å². The summed E-state index contributed by atoms with van der Waals surface area (Å²) in [7, 11) is 3.30. The monoisotopic (exact) mass is 293 g/mol. The lowest BCUT2D eigenvalue weighted by Crippen LogP contribution is -2.23. The van der Waals surface area contributed by atoms with Crippen LogP contribution in [-0.4, -0.2) is 30.4 Å². The second-order valence-electron chi connectivity index (χ2n) is 4.36. The molecular formula is C14H19N3O2S. The Kier molecular flexibility index (Phi) is 5.31. The fourth-order valence-electron chi connectivity index (χ4n) is 1.98. The molecule has 2 aromatic rings. The number of nitrogens with zero attached hydrogens (tertiary/aromatic N) is 2. The maximum Gasteiger partial charge on any atom is 0.122 e. The summed E-state index contributed by atoms with van der Waals surface area (Å²) < 4.78 is 14.6. The van der Waals surface area contributed by atoms with Gasteiger partial charge >= 0.3 is 0 Å². The fraction of sp³-hybridized carbons (Fsp3) is 0.429. The van der Waals surface area contributed by atoms with Crippen molar-refractivity contribution in [3.63, 3.8) is 0 Å². The highest BCUT2D eigenvalue weighted by Crippen LogP contribution is 2.29. The SMILES string of the molecule is CCCNC(c1cc(OC)cc(OC)c1)c1csnn1. The van der Waals surface area contributed by atoms with E-state index in [0.29, 0.717) is 0 Å². The van der Waals surface area contributed by atoms with Gasteiger partial charge in [0.1, 0.15) is 11.5 Å². The zero-order valence-corrected chi connectivity index (χ0v) is 12.7. The summed E-state index contributed by atoms with van der Waals surface area (Å²) in [5, 5.41) is 9.62. The molecule has 0 radical (unpaired) electrons. The molecule has 0 saturated carbocycles. The molecule has 1 heterocycles. The minimum atomic E-state index is -0.00213. The molecule has 108 valence electrons. The maximum absolute atomic E-state index is 5.33. The molecule has 0 spiro atoms. The molecule has 20 heavy (non-hydrogen) atoms. The number of nitrogens with one attached hydrogen (secondary N) is 1. The number of ether oxygens (including phenoxy) is 2. The average Bonchev–Trinajstić information content (AvgIpc) is 3.01. The first-order valence-corrected chi connectivity index (χ1v) is 7.35. The third kappa shape index (κ3) is 3.46. The molecule has 1 N–H and O–H groups in total. The normalized spacial score (nSPS) is 12.2. The van der Waals surface area contributed by atoms with Crippen LogP contribution in [0.1, 0.15) is 30.6 Å². The van der Waals surface area contributed by atoms with Crippen LogP contribution in [0.3, 0.4) is 0 Å². The van der Waals surface area contributed by atoms with E-state index in [4.69, 9.17) is 9.47 Å². The van der Waals surface area contributed by atoms with E-state index in [2.05, 4.69) is 21.8 Å². The summed E-state index contributed by atoms with van der Waals surface area (Å²) in [6.45, 7) is 3.04. The second kappa shape index (κ2) is 7.21. The molecule has 0 fully saturated rings. The quantitative estimate of drug-likeness (QED) is 0.850. The van der Waals surface area contributed by atoms with E-state index in [-0.39, 0.29) is 6.04 Å². The van der Waals surface area contributed by atoms with E-state index in [1.165, 1.54) is 11.5 Å². The van der Waals surface area contributed by atoms with Crippen LogP contribution in [0.2, 0.25) is 0 Å². The van der Waals surface area contributed by atoms with Crippen LogP contribution in [0.15, 0.2) is 23.6 Å². The van der Waals surface area contributed by atoms with Crippen molar-refractivity contribution >= 4 is 11.5 Å². The number of methoxy groups -OCH3 is 2. The molecule has 1 atom stereocenters. The van der Waals surface area contributed by atoms with Crippen molar-refractivity contribution in [3.8, 4) is 11.5 Å². The highest BCUT2D eigenvalue weighted by Gasteiger charge is 2.18. The van der Waals surface area contributed by atoms with Crippen molar-refractivity contribution in [2.45, 2.75) is 19.4 Å². The fourth-order valence-corrected chi connectivity index (χ4v) is 2.46. The smallest absolute Gasteiger partial charge is 0.122 e. The lowest BCUT2D eigenvalue weighted by molar-refractivity contribution is 0.392. The van der Waals surface area contributed by atoms with Crippen molar-refractivity contribution in [2.24, 2.45) is 0 Å². The van der Waals surface area contributed by atoms with E-state index in [1.54, 1.807) is 14.2 Å². The first-order chi connectivity index (χ1) is 9.78. The van der Waals surface area contributed by atoms with E-state index < -0.39 is 0 Å². The van der Waals surface area contributed by atoms with Crippen molar-refractivity contribution in [3.05, 3.63) is 34.8 Å². The Bertz CT molecular complexity index is 509. The van der Waals surface area contributed by atoms with Crippen LogP contribution in [0.25, 0.3) is 0 Å². The second-order valence-corrected chi connectivity index (χ2v) is 4.97. The van der Waals surface area contributed by atoms with Gasteiger partial charge in [-0.05, 0) is 42.2 Å². The largest absolute Gasteiger partial charge is 0.497 e. The Morgan fingerprint density at radius 2 is 1.90 bits per heavy atom. The van der Waals surface area contributed by atoms with Crippen LogP contribution in [0, 0.1) is 0 Å². The topological polar surface area (TPSA) is 56.3 Å². The molecule has 0 aliphatic rings. The van der Waals surface area contributed by atoms with Crippen molar-refractivity contribution < 1.29 is 9.47 Å². The lowest BCUT2D eigenvalue weighted by Gasteiger charge is -2.18. The van der Waals surface area contributed by atoms with Crippen molar-refractivity contribution in [2.75, 3.05) is 20.8 Å². The summed E-state index contributed by atoms with van der Waals surface area (Å²) in [4.78, 5) is 0. The third-order valence-corrected chi connectivity index (χ3v) is 3.50. The highest BCUT2D eigenvalue weighted by atomic mass is 32.1. The maximum atomic E-state index is 5.33. The molecule has 0 amide bonds. The van der Waals surface area contributed by atoms with Gasteiger partial charge in [0, 0.05) is 11.4 Å². The average molecular weight is 293 g/mol. The van der Waals surface area contributed by atoms with Gasteiger partial charge in [-0.2, -0.15) is 0 Å². The predicted octanol–water partition coefficient (Wildman–Crippen LogP) is 2.64. The van der Waals surface area contributed by atoms with Crippen LogP contribution in [-0.2, 0) is 0 Å². The van der Waals surface area contributed by atoms with E-state index in [0.717, 1.165) is 35.7 Å². The van der Waals surface area contributed by atoms with Gasteiger partial charge in [0.25, 0.3) is 0 Å². The molecule has 0 bridgehead atoms. The first kappa shape index (κ1) is 14.7. The summed E-state index contributed by atoms with van der Waals surface area (Å²) in [6.07, 6.45) is 1.05. The number of aromatic nitrogens is 2. The number of benzene rings is 1. The zero-order chi connectivity index (χ0) is 14.4. The van der Waals surface area contributed by atoms with E-state index in [1.807, 2.05) is 23.6 Å². The van der Waals surface area contributed by atoms with Crippen LogP contribution >= 0.6 is 11.5 Å². The van der Waals surface area contributed by atoms with Crippen LogP contribution in [0.4, 0.5) is 0 Å². The molecule has 2 rings (SSSR count). The van der Waals surface area contributed by atoms with E-state index in [9.17, 15) is 0 Å². The zero-order valence-electron chi connectivity index (χ0n) is 11.9. The summed E-state index contributed by atoms with van der Waals surface area (Å²) in [5.74, 6) is 1.54. The predicted molar refractivity (Wildman–Crippen MR) is 79.6 cm³/mol. The third-order valence-electron chi connectivity index (χ3n) is 2.98. The molecule has 0 aliphatic heterocycles. The molecule has 5 nitrogen and oxygen atoms in total. The summed E-state index contributed by atoms with van der Waals surface area (Å²) in [5.41, 5.74) is 1.97. The minimum absolute atomic E-state index is 0.00213. The number of hydrogen-bond donors (Lipinski definition) is 1. The lowest BCUT2D eigenvalue weighted by atomic mass is 10.0. The Morgan fingerprint density at radius 3 is 2.40 bits per heavy atom. The minimum Gasteiger partial charge on any atom is -0.497 e. The summed E-state index contributed by atoms with van der Waals surface area (Å²) >= 11 is 1.35. The first-order valence-electron chi connectivity index (χ1n) is 6.51. The Labute approximate surface area is 123 Å². The van der Waals surface area contributed by atoms with Gasteiger partial charge in [-0.15, -0.1) is 5.10 Å². The Hall–Kier alpha value is -1.66. The van der Waals surface area contributed by atoms with Gasteiger partial charge in [0.05, 0.1) is 26.0 Å². The molecule has 1 aromatic heterocycles. The Balaban J connectivity index is 2.37. The standard InChI is InChI=1S/C14H19N3O2S/c1-4-5-15-14(13-9-20-17-16-13)10-6-11(18-2)8-12(7-10)19-3/h6-9,14-15H,4-5H2,1-3H3. The van der Waals surface area contributed by atoms with Gasteiger partial charge in [0.2, 0.25) is 0 Å². The van der Waals surface area contributed by atoms with Crippen molar-refractivity contribution in [1.29, 1.82) is 0 Å². The van der Waals surface area contributed by atoms with Crippen molar-refractivity contribution in [1.82, 2.24) is 14.9 Å². The molecule has 1 aromatic carbocycles. The number of rotatable bonds is 7. The van der Waals surface area contributed by atoms with Gasteiger partial charge in [0.15, 0.2) is 0 Å². The van der Waals surface area contributed by atoms with Crippen LogP contribution in [0.5, 0.6) is 11.5 Å². The van der Waals surface area contributed by atoms with E-state index >= 15 is 0 Å². The summed E-state index contributed by atoms with van der Waals surface area (Å²) in [6, 6.07) is 5.85. The molecule has 0 aliphatic carbocycles.